The summed E-state index contributed by atoms with van der Waals surface area (Å²) in [6.07, 6.45) is 0.859. The first-order valence-corrected chi connectivity index (χ1v) is 10.6. The lowest BCUT2D eigenvalue weighted by atomic mass is 10.1. The molecule has 0 unspecified atom stereocenters. The Balaban J connectivity index is 1.81. The quantitative estimate of drug-likeness (QED) is 0.553. The molecule has 2 rings (SSSR count). The minimum Gasteiger partial charge on any atom is -0.354 e. The molecule has 2 amide bonds. The normalized spacial score (nSPS) is 11.7. The van der Waals surface area contributed by atoms with Crippen molar-refractivity contribution in [1.82, 2.24) is 20.8 Å². The standard InChI is InChI=1S/C18H25N5O2S2/c1-5-8-19-16(25)13(4)20-15(24)10-26-18-23-22-17(27-18)21-14-7-6-11(2)9-12(14)3/h6-7,9,13H,5,8,10H2,1-4H3,(H,19,25)(H,20,24)(H,21,22)/t13-/m1/s1. The second kappa shape index (κ2) is 10.3. The van der Waals surface area contributed by atoms with Crippen molar-refractivity contribution < 1.29 is 9.59 Å². The summed E-state index contributed by atoms with van der Waals surface area (Å²) in [7, 11) is 0. The number of nitrogens with one attached hydrogen (secondary N) is 3. The van der Waals surface area contributed by atoms with E-state index in [4.69, 9.17) is 0 Å². The van der Waals surface area contributed by atoms with Gasteiger partial charge >= 0.3 is 0 Å². The number of thioether (sulfide) groups is 1. The van der Waals surface area contributed by atoms with Gasteiger partial charge < -0.3 is 16.0 Å². The molecule has 0 radical (unpaired) electrons. The largest absolute Gasteiger partial charge is 0.354 e. The highest BCUT2D eigenvalue weighted by Crippen LogP contribution is 2.28. The molecule has 1 aromatic heterocycles. The number of rotatable bonds is 9. The Bertz CT molecular complexity index is 794. The number of hydrogen-bond acceptors (Lipinski definition) is 7. The molecule has 27 heavy (non-hydrogen) atoms. The van der Waals surface area contributed by atoms with Crippen LogP contribution in [0.15, 0.2) is 22.5 Å². The van der Waals surface area contributed by atoms with Crippen molar-refractivity contribution in [2.24, 2.45) is 0 Å². The molecule has 146 valence electrons. The van der Waals surface area contributed by atoms with Crippen LogP contribution < -0.4 is 16.0 Å². The van der Waals surface area contributed by atoms with Gasteiger partial charge in [0, 0.05) is 12.2 Å². The van der Waals surface area contributed by atoms with Crippen LogP contribution in [0.25, 0.3) is 0 Å². The van der Waals surface area contributed by atoms with Gasteiger partial charge in [0.05, 0.1) is 5.75 Å². The molecular formula is C18H25N5O2S2. The van der Waals surface area contributed by atoms with E-state index in [2.05, 4.69) is 39.1 Å². The topological polar surface area (TPSA) is 96.0 Å². The van der Waals surface area contributed by atoms with E-state index in [0.29, 0.717) is 16.0 Å². The highest BCUT2D eigenvalue weighted by atomic mass is 32.2. The zero-order chi connectivity index (χ0) is 19.8. The van der Waals surface area contributed by atoms with Crippen LogP contribution in [-0.4, -0.2) is 40.4 Å². The molecule has 0 bridgehead atoms. The molecule has 9 heteroatoms. The lowest BCUT2D eigenvalue weighted by Gasteiger charge is -2.13. The summed E-state index contributed by atoms with van der Waals surface area (Å²) >= 11 is 2.69. The third-order valence-electron chi connectivity index (χ3n) is 3.68. The summed E-state index contributed by atoms with van der Waals surface area (Å²) < 4.78 is 0.695. The number of carbonyl (C=O) groups is 2. The van der Waals surface area contributed by atoms with Gasteiger partial charge in [-0.05, 0) is 38.8 Å². The van der Waals surface area contributed by atoms with Crippen molar-refractivity contribution in [3.05, 3.63) is 29.3 Å². The van der Waals surface area contributed by atoms with Crippen LogP contribution in [0.5, 0.6) is 0 Å². The van der Waals surface area contributed by atoms with Crippen LogP contribution in [0.1, 0.15) is 31.4 Å². The van der Waals surface area contributed by atoms with Gasteiger partial charge in [0.2, 0.25) is 16.9 Å². The Kier molecular flexibility index (Phi) is 8.05. The smallest absolute Gasteiger partial charge is 0.242 e. The molecule has 1 aromatic carbocycles. The van der Waals surface area contributed by atoms with Gasteiger partial charge in [-0.2, -0.15) is 0 Å². The first kappa shape index (κ1) is 21.2. The van der Waals surface area contributed by atoms with Gasteiger partial charge in [0.15, 0.2) is 4.34 Å². The maximum absolute atomic E-state index is 12.0. The van der Waals surface area contributed by atoms with Crippen LogP contribution in [0.3, 0.4) is 0 Å². The van der Waals surface area contributed by atoms with E-state index in [9.17, 15) is 9.59 Å². The highest BCUT2D eigenvalue weighted by Gasteiger charge is 2.16. The Morgan fingerprint density at radius 3 is 2.74 bits per heavy atom. The summed E-state index contributed by atoms with van der Waals surface area (Å²) in [5, 5.41) is 17.6. The van der Waals surface area contributed by atoms with Crippen molar-refractivity contribution in [1.29, 1.82) is 0 Å². The number of carbonyl (C=O) groups excluding carboxylic acids is 2. The third kappa shape index (κ3) is 6.84. The lowest BCUT2D eigenvalue weighted by molar-refractivity contribution is -0.127. The third-order valence-corrected chi connectivity index (χ3v) is 5.65. The van der Waals surface area contributed by atoms with Gasteiger partial charge in [-0.3, -0.25) is 9.59 Å². The molecule has 0 aliphatic heterocycles. The monoisotopic (exact) mass is 407 g/mol. The average Bonchev–Trinajstić information content (AvgIpc) is 3.07. The fourth-order valence-corrected chi connectivity index (χ4v) is 3.84. The number of hydrogen-bond donors (Lipinski definition) is 3. The molecule has 1 heterocycles. The summed E-state index contributed by atoms with van der Waals surface area (Å²) in [5.41, 5.74) is 3.32. The van der Waals surface area contributed by atoms with E-state index >= 15 is 0 Å². The number of nitrogens with zero attached hydrogens (tertiary/aromatic N) is 2. The van der Waals surface area contributed by atoms with Gasteiger partial charge in [-0.25, -0.2) is 0 Å². The molecule has 2 aromatic rings. The van der Waals surface area contributed by atoms with E-state index in [1.807, 2.05) is 26.0 Å². The predicted octanol–water partition coefficient (Wildman–Crippen LogP) is 3.02. The number of amides is 2. The van der Waals surface area contributed by atoms with Crippen molar-refractivity contribution in [2.45, 2.75) is 44.5 Å². The number of aryl methyl sites for hydroxylation is 2. The molecule has 1 atom stereocenters. The molecular weight excluding hydrogens is 382 g/mol. The Hall–Kier alpha value is -2.13. The zero-order valence-electron chi connectivity index (χ0n) is 16.0. The minimum atomic E-state index is -0.555. The second-order valence-corrected chi connectivity index (χ2v) is 8.39. The predicted molar refractivity (Wildman–Crippen MR) is 111 cm³/mol. The summed E-state index contributed by atoms with van der Waals surface area (Å²) in [4.78, 5) is 23.8. The Morgan fingerprint density at radius 2 is 2.04 bits per heavy atom. The van der Waals surface area contributed by atoms with Crippen LogP contribution in [-0.2, 0) is 9.59 Å². The van der Waals surface area contributed by atoms with Crippen molar-refractivity contribution in [2.75, 3.05) is 17.6 Å². The first-order chi connectivity index (χ1) is 12.9. The summed E-state index contributed by atoms with van der Waals surface area (Å²) in [5.74, 6) is -0.201. The molecule has 0 fully saturated rings. The van der Waals surface area contributed by atoms with E-state index in [-0.39, 0.29) is 17.6 Å². The Morgan fingerprint density at radius 1 is 1.26 bits per heavy atom. The number of anilines is 2. The van der Waals surface area contributed by atoms with E-state index in [1.54, 1.807) is 6.92 Å². The SMILES string of the molecule is CCCNC(=O)[C@@H](C)NC(=O)CSc1nnc(Nc2ccc(C)cc2C)s1. The second-order valence-electron chi connectivity index (χ2n) is 6.19. The highest BCUT2D eigenvalue weighted by molar-refractivity contribution is 8.01. The van der Waals surface area contributed by atoms with Gasteiger partial charge in [0.25, 0.3) is 0 Å². The summed E-state index contributed by atoms with van der Waals surface area (Å²) in [6, 6.07) is 5.59. The first-order valence-electron chi connectivity index (χ1n) is 8.76. The zero-order valence-corrected chi connectivity index (χ0v) is 17.6. The van der Waals surface area contributed by atoms with Crippen molar-refractivity contribution in [3.8, 4) is 0 Å². The molecule has 0 saturated carbocycles. The minimum absolute atomic E-state index is 0.175. The molecule has 0 aliphatic rings. The fraction of sp³-hybridized carbons (Fsp3) is 0.444. The molecule has 7 nitrogen and oxygen atoms in total. The van der Waals surface area contributed by atoms with E-state index in [1.165, 1.54) is 28.7 Å². The molecule has 0 saturated heterocycles. The van der Waals surface area contributed by atoms with Crippen molar-refractivity contribution >= 4 is 45.7 Å². The fourth-order valence-electron chi connectivity index (χ4n) is 2.26. The maximum atomic E-state index is 12.0. The van der Waals surface area contributed by atoms with Crippen LogP contribution in [0.2, 0.25) is 0 Å². The van der Waals surface area contributed by atoms with E-state index < -0.39 is 6.04 Å². The van der Waals surface area contributed by atoms with Crippen LogP contribution in [0, 0.1) is 13.8 Å². The molecule has 3 N–H and O–H groups in total. The van der Waals surface area contributed by atoms with Crippen molar-refractivity contribution in [3.63, 3.8) is 0 Å². The molecule has 0 aliphatic carbocycles. The van der Waals surface area contributed by atoms with Crippen LogP contribution in [0.4, 0.5) is 10.8 Å². The number of aromatic nitrogens is 2. The van der Waals surface area contributed by atoms with Gasteiger partial charge in [-0.15, -0.1) is 10.2 Å². The lowest BCUT2D eigenvalue weighted by Crippen LogP contribution is -2.45. The molecule has 0 spiro atoms. The van der Waals surface area contributed by atoms with E-state index in [0.717, 1.165) is 17.7 Å². The van der Waals surface area contributed by atoms with Crippen LogP contribution >= 0.6 is 23.1 Å². The maximum Gasteiger partial charge on any atom is 0.242 e. The average molecular weight is 408 g/mol. The summed E-state index contributed by atoms with van der Waals surface area (Å²) in [6.45, 7) is 8.34. The van der Waals surface area contributed by atoms with Gasteiger partial charge in [0.1, 0.15) is 6.04 Å². The number of benzene rings is 1. The van der Waals surface area contributed by atoms with Gasteiger partial charge in [-0.1, -0.05) is 47.7 Å². The Labute approximate surface area is 167 Å².